The molecule has 0 bridgehead atoms. The number of allylic oxidation sites excluding steroid dienone is 4. The molecule has 7 rings (SSSR count). The van der Waals surface area contributed by atoms with E-state index in [1.807, 2.05) is 25.8 Å². The van der Waals surface area contributed by atoms with Crippen LogP contribution in [0.25, 0.3) is 0 Å². The van der Waals surface area contributed by atoms with Gasteiger partial charge in [0.1, 0.15) is 30.0 Å². The zero-order chi connectivity index (χ0) is 61.9. The summed E-state index contributed by atoms with van der Waals surface area (Å²) in [4.78, 5) is 45.9. The van der Waals surface area contributed by atoms with Crippen LogP contribution in [-0.2, 0) is 42.8 Å². The van der Waals surface area contributed by atoms with Gasteiger partial charge in [-0.2, -0.15) is 0 Å². The molecule has 3 aliphatic heterocycles. The molecule has 0 spiro atoms. The van der Waals surface area contributed by atoms with Gasteiger partial charge in [0, 0.05) is 67.9 Å². The lowest BCUT2D eigenvalue weighted by Crippen LogP contribution is -2.70. The highest BCUT2D eigenvalue weighted by Gasteiger charge is 2.76. The summed E-state index contributed by atoms with van der Waals surface area (Å²) in [6.45, 7) is 25.9. The number of carbonyl (C=O) groups is 3. The van der Waals surface area contributed by atoms with Crippen LogP contribution in [0.15, 0.2) is 23.8 Å². The minimum Gasteiger partial charge on any atom is -0.459 e. The average Bonchev–Trinajstić information content (AvgIpc) is 1.93. The highest BCUT2D eigenvalue weighted by Crippen LogP contribution is 2.70. The SMILES string of the molecule is CCCN(C)[C@H]1C[C@@H](C)OC(O[C@@H]2[C@@H](C)[C@H](OC3C[C@@](C)(OC)[C@@H](O)[C@H](C)O3)[C@@H](C)C(=O)O[C@H](CC)[C@@](C)(O)[C@H](O)[C@@H](C)N(CCCNC(=O)[C@@]3(O)[C@H](C)CC4C5CCC6=CC(=O)C=C[C@]6(C)[C@@]5(F)[C@@H](O)C[C@@]43C)C[C@H](C)C[C@@]2(C)O)[C@@H]1O. The Bertz CT molecular complexity index is 2340. The first kappa shape index (κ1) is 68.0. The van der Waals surface area contributed by atoms with Crippen LogP contribution in [-0.4, -0.2) is 211 Å². The van der Waals surface area contributed by atoms with E-state index in [0.717, 1.165) is 6.42 Å². The van der Waals surface area contributed by atoms with Crippen LogP contribution in [0.4, 0.5) is 4.39 Å². The molecule has 4 aliphatic carbocycles. The zero-order valence-electron chi connectivity index (χ0n) is 52.7. The molecule has 3 saturated carbocycles. The molecule has 8 N–H and O–H groups in total. The van der Waals surface area contributed by atoms with Crippen LogP contribution in [0.1, 0.15) is 161 Å². The van der Waals surface area contributed by atoms with Crippen molar-refractivity contribution in [1.29, 1.82) is 0 Å². The van der Waals surface area contributed by atoms with E-state index in [4.69, 9.17) is 28.4 Å². The molecule has 4 unspecified atom stereocenters. The topological polar surface area (TPSA) is 267 Å². The molecule has 3 heterocycles. The second kappa shape index (κ2) is 25.5. The Morgan fingerprint density at radius 1 is 0.904 bits per heavy atom. The van der Waals surface area contributed by atoms with Crippen LogP contribution < -0.4 is 5.32 Å². The standard InChI is InChI=1S/C63H106FN3O16/c1-17-25-66(15)45-28-36(5)79-55(49(45)70)83-53-37(6)50(82-48-32-60(13,78-16)52(72)40(9)80-48)38(7)54(73)81-47(18-2)61(14,76)51(71)39(8)67(33-34(3)30-59(53,12)75)26-19-24-65-56(74)63(77)35(4)27-44-43-21-20-41-29-42(68)22-23-57(41,10)62(43,64)46(69)31-58(44,63)11/h22-23,29,34-40,43-53,55,69-72,75-77H,17-21,24-28,30-33H2,1-16H3,(H,65,74)/t34-,35-,36-,37+,38-,39-,40+,43?,44?,45+,46+,47-,48?,49-,50+,51-,52+,53-,55?,57+,58+,59-,60-,61-,62+,63+/m1/s1. The fraction of sp³-hybridized carbons (Fsp3) is 0.889. The minimum atomic E-state index is -2.13. The number of cyclic esters (lactones) is 1. The third-order valence-corrected chi connectivity index (χ3v) is 22.0. The van der Waals surface area contributed by atoms with Gasteiger partial charge in [-0.3, -0.25) is 19.3 Å². The number of fused-ring (bicyclic) bond motifs is 5. The molecule has 0 aromatic heterocycles. The second-order valence-corrected chi connectivity index (χ2v) is 28.0. The summed E-state index contributed by atoms with van der Waals surface area (Å²) in [6, 6.07) is -1.15. The molecule has 26 atom stereocenters. The van der Waals surface area contributed by atoms with Crippen molar-refractivity contribution in [2.24, 2.45) is 46.3 Å². The van der Waals surface area contributed by atoms with E-state index in [2.05, 4.69) is 17.1 Å². The lowest BCUT2D eigenvalue weighted by molar-refractivity contribution is -0.318. The summed E-state index contributed by atoms with van der Waals surface area (Å²) in [5.74, 6) is -5.72. The lowest BCUT2D eigenvalue weighted by atomic mass is 9.44. The molecule has 3 saturated heterocycles. The first-order valence-electron chi connectivity index (χ1n) is 31.2. The summed E-state index contributed by atoms with van der Waals surface area (Å²) in [5.41, 5.74) is -10.7. The number of aliphatic hydroxyl groups excluding tert-OH is 4. The predicted molar refractivity (Wildman–Crippen MR) is 308 cm³/mol. The van der Waals surface area contributed by atoms with Crippen LogP contribution in [0.2, 0.25) is 0 Å². The molecule has 19 nitrogen and oxygen atoms in total. The van der Waals surface area contributed by atoms with E-state index in [1.165, 1.54) is 26.2 Å². The highest BCUT2D eigenvalue weighted by atomic mass is 19.1. The molecule has 476 valence electrons. The Morgan fingerprint density at radius 2 is 1.58 bits per heavy atom. The average molecular weight is 1180 g/mol. The quantitative estimate of drug-likeness (QED) is 0.0849. The molecule has 0 radical (unpaired) electrons. The second-order valence-electron chi connectivity index (χ2n) is 28.0. The van der Waals surface area contributed by atoms with Crippen molar-refractivity contribution in [3.8, 4) is 0 Å². The first-order chi connectivity index (χ1) is 38.5. The van der Waals surface area contributed by atoms with Gasteiger partial charge in [0.05, 0.1) is 47.6 Å². The Hall–Kier alpha value is -2.54. The molecule has 20 heteroatoms. The smallest absolute Gasteiger partial charge is 0.311 e. The Kier molecular flexibility index (Phi) is 20.9. The van der Waals surface area contributed by atoms with E-state index < -0.39 is 148 Å². The molecule has 0 aromatic rings. The highest BCUT2D eigenvalue weighted by molar-refractivity contribution is 6.01. The summed E-state index contributed by atoms with van der Waals surface area (Å²) in [6.07, 6.45) is -4.75. The number of methoxy groups -OCH3 is 1. The number of nitrogens with one attached hydrogen (secondary N) is 1. The van der Waals surface area contributed by atoms with E-state index in [9.17, 15) is 50.1 Å². The normalized spacial score (nSPS) is 49.4. The lowest BCUT2D eigenvalue weighted by Gasteiger charge is -2.62. The maximum atomic E-state index is 17.9. The maximum Gasteiger partial charge on any atom is 0.311 e. The van der Waals surface area contributed by atoms with Crippen molar-refractivity contribution in [3.05, 3.63) is 23.8 Å². The number of aliphatic hydroxyl groups is 7. The van der Waals surface area contributed by atoms with Gasteiger partial charge in [-0.25, -0.2) is 4.39 Å². The molecular weight excluding hydrogens is 1070 g/mol. The van der Waals surface area contributed by atoms with E-state index in [-0.39, 0.29) is 69.2 Å². The van der Waals surface area contributed by atoms with Gasteiger partial charge >= 0.3 is 5.97 Å². The van der Waals surface area contributed by atoms with Gasteiger partial charge in [-0.15, -0.1) is 0 Å². The van der Waals surface area contributed by atoms with Gasteiger partial charge in [-0.05, 0) is 157 Å². The number of ether oxygens (including phenoxy) is 6. The number of alkyl halides is 1. The Balaban J connectivity index is 1.17. The van der Waals surface area contributed by atoms with Crippen molar-refractivity contribution in [1.82, 2.24) is 15.1 Å². The first-order valence-corrected chi connectivity index (χ1v) is 31.2. The summed E-state index contributed by atoms with van der Waals surface area (Å²) in [5, 5.41) is 88.9. The van der Waals surface area contributed by atoms with Gasteiger partial charge < -0.3 is 74.4 Å². The maximum absolute atomic E-state index is 17.9. The van der Waals surface area contributed by atoms with Crippen LogP contribution in [0.5, 0.6) is 0 Å². The Morgan fingerprint density at radius 3 is 2.22 bits per heavy atom. The number of likely N-dealkylation sites (N-methyl/N-ethyl adjacent to an activating group) is 1. The fourth-order valence-electron chi connectivity index (χ4n) is 17.0. The number of nitrogens with zero attached hydrogens (tertiary/aromatic N) is 2. The number of hydrogen-bond donors (Lipinski definition) is 8. The number of ketones is 1. The monoisotopic (exact) mass is 1180 g/mol. The molecule has 7 aliphatic rings. The van der Waals surface area contributed by atoms with E-state index in [1.54, 1.807) is 75.3 Å². The van der Waals surface area contributed by atoms with Crippen molar-refractivity contribution in [2.75, 3.05) is 40.3 Å². The van der Waals surface area contributed by atoms with Gasteiger partial charge in [-0.1, -0.05) is 53.2 Å². The number of rotatable bonds is 14. The summed E-state index contributed by atoms with van der Waals surface area (Å²) < 4.78 is 56.5. The third kappa shape index (κ3) is 12.4. The molecule has 0 aromatic carbocycles. The molecule has 83 heavy (non-hydrogen) atoms. The molecule has 1 amide bonds. The number of halogens is 1. The predicted octanol–water partition coefficient (Wildman–Crippen LogP) is 4.91. The van der Waals surface area contributed by atoms with Crippen molar-refractivity contribution < 1.29 is 82.9 Å². The van der Waals surface area contributed by atoms with Crippen molar-refractivity contribution in [3.63, 3.8) is 0 Å². The van der Waals surface area contributed by atoms with E-state index >= 15 is 4.39 Å². The largest absolute Gasteiger partial charge is 0.459 e. The number of amides is 1. The Labute approximate surface area is 493 Å². The molecular formula is C63H106FN3O16. The number of carbonyl (C=O) groups excluding carboxylic acids is 3. The number of hydrogen-bond acceptors (Lipinski definition) is 18. The van der Waals surface area contributed by atoms with Gasteiger partial charge in [0.15, 0.2) is 29.6 Å². The fourth-order valence-corrected chi connectivity index (χ4v) is 17.0. The van der Waals surface area contributed by atoms with Gasteiger partial charge in [0.2, 0.25) is 0 Å². The van der Waals surface area contributed by atoms with Gasteiger partial charge in [0.25, 0.3) is 5.91 Å². The van der Waals surface area contributed by atoms with E-state index in [0.29, 0.717) is 44.2 Å². The van der Waals surface area contributed by atoms with Crippen LogP contribution in [0.3, 0.4) is 0 Å². The van der Waals surface area contributed by atoms with Crippen LogP contribution in [0, 0.1) is 46.3 Å². The minimum absolute atomic E-state index is 0.0652. The summed E-state index contributed by atoms with van der Waals surface area (Å²) in [7, 11) is 3.43. The molecule has 6 fully saturated rings. The van der Waals surface area contributed by atoms with Crippen molar-refractivity contribution in [2.45, 2.75) is 269 Å². The van der Waals surface area contributed by atoms with Crippen molar-refractivity contribution >= 4 is 17.7 Å². The third-order valence-electron chi connectivity index (χ3n) is 22.0. The summed E-state index contributed by atoms with van der Waals surface area (Å²) >= 11 is 0. The zero-order valence-corrected chi connectivity index (χ0v) is 52.7. The van der Waals surface area contributed by atoms with Crippen LogP contribution >= 0.6 is 0 Å². The number of esters is 1.